The van der Waals surface area contributed by atoms with Gasteiger partial charge in [-0.25, -0.2) is 9.59 Å². The first kappa shape index (κ1) is 13.8. The number of benzene rings is 1. The molecule has 92 valence electrons. The first-order chi connectivity index (χ1) is 8.51. The van der Waals surface area contributed by atoms with E-state index in [1.165, 1.54) is 12.2 Å². The van der Waals surface area contributed by atoms with Gasteiger partial charge in [-0.15, -0.1) is 0 Å². The van der Waals surface area contributed by atoms with Gasteiger partial charge in [0.2, 0.25) is 12.2 Å². The number of carbonyl (C=O) groups excluding carboxylic acids is 2. The second-order valence-corrected chi connectivity index (χ2v) is 4.21. The van der Waals surface area contributed by atoms with Crippen LogP contribution in [0.4, 0.5) is 11.4 Å². The highest BCUT2D eigenvalue weighted by atomic mass is 16.1. The minimum Gasteiger partial charge on any atom is -0.211 e. The van der Waals surface area contributed by atoms with Crippen molar-refractivity contribution in [3.63, 3.8) is 0 Å². The van der Waals surface area contributed by atoms with Crippen LogP contribution in [-0.4, -0.2) is 12.2 Å². The third kappa shape index (κ3) is 2.89. The Morgan fingerprint density at radius 1 is 1.22 bits per heavy atom. The van der Waals surface area contributed by atoms with Crippen LogP contribution in [0.3, 0.4) is 0 Å². The summed E-state index contributed by atoms with van der Waals surface area (Å²) in [5, 5.41) is 0. The maximum absolute atomic E-state index is 10.5. The molecule has 0 aliphatic heterocycles. The zero-order chi connectivity index (χ0) is 13.7. The lowest BCUT2D eigenvalue weighted by Gasteiger charge is -2.12. The number of rotatable bonds is 4. The van der Waals surface area contributed by atoms with Crippen molar-refractivity contribution >= 4 is 23.5 Å². The Labute approximate surface area is 106 Å². The Morgan fingerprint density at radius 2 is 1.78 bits per heavy atom. The highest BCUT2D eigenvalue weighted by molar-refractivity contribution is 5.71. The van der Waals surface area contributed by atoms with Crippen LogP contribution in [0.2, 0.25) is 0 Å². The van der Waals surface area contributed by atoms with E-state index in [9.17, 15) is 9.59 Å². The van der Waals surface area contributed by atoms with Gasteiger partial charge in [-0.1, -0.05) is 18.2 Å². The van der Waals surface area contributed by atoms with Crippen molar-refractivity contribution in [2.45, 2.75) is 27.2 Å². The number of nitrogens with zero attached hydrogens (tertiary/aromatic N) is 2. The molecule has 0 amide bonds. The van der Waals surface area contributed by atoms with E-state index in [1.807, 2.05) is 19.9 Å². The van der Waals surface area contributed by atoms with E-state index in [2.05, 4.69) is 16.6 Å². The average Bonchev–Trinajstić information content (AvgIpc) is 2.29. The van der Waals surface area contributed by atoms with Crippen molar-refractivity contribution in [1.82, 2.24) is 0 Å². The van der Waals surface area contributed by atoms with E-state index in [0.29, 0.717) is 23.4 Å². The van der Waals surface area contributed by atoms with Gasteiger partial charge in [-0.2, -0.15) is 9.98 Å². The number of hydrogen-bond donors (Lipinski definition) is 0. The number of aliphatic imine (C=N–C) groups is 2. The van der Waals surface area contributed by atoms with Crippen LogP contribution in [0.5, 0.6) is 0 Å². The number of isocyanates is 2. The first-order valence-corrected chi connectivity index (χ1v) is 5.44. The standard InChI is InChI=1S/C14H14N2O2/c1-9(2)5-12-6-10(3)13(15-7-17)11(4)14(12)16-8-18/h6H,1,5H2,2-4H3. The lowest BCUT2D eigenvalue weighted by atomic mass is 9.97. The summed E-state index contributed by atoms with van der Waals surface area (Å²) in [6, 6.07) is 1.86. The van der Waals surface area contributed by atoms with Gasteiger partial charge < -0.3 is 0 Å². The molecule has 0 bridgehead atoms. The molecule has 0 N–H and O–H groups in total. The molecule has 0 aliphatic rings. The van der Waals surface area contributed by atoms with Crippen LogP contribution >= 0.6 is 0 Å². The highest BCUT2D eigenvalue weighted by Gasteiger charge is 2.12. The quantitative estimate of drug-likeness (QED) is 0.461. The second kappa shape index (κ2) is 5.87. The summed E-state index contributed by atoms with van der Waals surface area (Å²) in [6.45, 7) is 9.35. The summed E-state index contributed by atoms with van der Waals surface area (Å²) in [5.41, 5.74) is 4.38. The normalized spacial score (nSPS) is 9.28. The summed E-state index contributed by atoms with van der Waals surface area (Å²) in [6.07, 6.45) is 3.66. The van der Waals surface area contributed by atoms with E-state index in [-0.39, 0.29) is 0 Å². The molecule has 4 heteroatoms. The smallest absolute Gasteiger partial charge is 0.211 e. The first-order valence-electron chi connectivity index (χ1n) is 5.44. The summed E-state index contributed by atoms with van der Waals surface area (Å²) in [5.74, 6) is 0. The highest BCUT2D eigenvalue weighted by Crippen LogP contribution is 2.35. The lowest BCUT2D eigenvalue weighted by Crippen LogP contribution is -1.92. The third-order valence-electron chi connectivity index (χ3n) is 2.59. The SMILES string of the molecule is C=C(C)Cc1cc(C)c(N=C=O)c(C)c1N=C=O. The molecule has 0 spiro atoms. The maximum atomic E-state index is 10.5. The molecule has 1 aromatic carbocycles. The van der Waals surface area contributed by atoms with Crippen LogP contribution in [0.25, 0.3) is 0 Å². The van der Waals surface area contributed by atoms with Crippen molar-refractivity contribution in [2.75, 3.05) is 0 Å². The molecule has 4 nitrogen and oxygen atoms in total. The molecule has 0 aliphatic carbocycles. The van der Waals surface area contributed by atoms with E-state index >= 15 is 0 Å². The van der Waals surface area contributed by atoms with Gasteiger partial charge in [0.25, 0.3) is 0 Å². The average molecular weight is 242 g/mol. The van der Waals surface area contributed by atoms with Crippen LogP contribution in [-0.2, 0) is 16.0 Å². The van der Waals surface area contributed by atoms with Crippen molar-refractivity contribution < 1.29 is 9.59 Å². The largest absolute Gasteiger partial charge is 0.240 e. The van der Waals surface area contributed by atoms with Crippen molar-refractivity contribution in [2.24, 2.45) is 9.98 Å². The molecule has 0 aromatic heterocycles. The van der Waals surface area contributed by atoms with Gasteiger partial charge in [0.15, 0.2) is 0 Å². The molecule has 0 fully saturated rings. The summed E-state index contributed by atoms with van der Waals surface area (Å²) in [4.78, 5) is 28.3. The Bertz CT molecular complexity index is 590. The molecule has 1 aromatic rings. The minimum atomic E-state index is 0.504. The fraction of sp³-hybridized carbons (Fsp3) is 0.286. The second-order valence-electron chi connectivity index (χ2n) is 4.21. The van der Waals surface area contributed by atoms with E-state index < -0.39 is 0 Å². The molecule has 0 saturated carbocycles. The number of hydrogen-bond acceptors (Lipinski definition) is 4. The zero-order valence-corrected chi connectivity index (χ0v) is 10.7. The predicted octanol–water partition coefficient (Wildman–Crippen LogP) is 3.36. The fourth-order valence-electron chi connectivity index (χ4n) is 1.93. The summed E-state index contributed by atoms with van der Waals surface area (Å²) in [7, 11) is 0. The Morgan fingerprint density at radius 3 is 2.28 bits per heavy atom. The van der Waals surface area contributed by atoms with Gasteiger partial charge in [-0.3, -0.25) is 0 Å². The van der Waals surface area contributed by atoms with Crippen LogP contribution < -0.4 is 0 Å². The summed E-state index contributed by atoms with van der Waals surface area (Å²) >= 11 is 0. The number of aryl methyl sites for hydroxylation is 1. The number of allylic oxidation sites excluding steroid dienone is 1. The minimum absolute atomic E-state index is 0.504. The molecule has 0 unspecified atom stereocenters. The van der Waals surface area contributed by atoms with Crippen molar-refractivity contribution in [3.05, 3.63) is 34.9 Å². The van der Waals surface area contributed by atoms with Gasteiger partial charge >= 0.3 is 0 Å². The van der Waals surface area contributed by atoms with Gasteiger partial charge in [0.05, 0.1) is 11.4 Å². The zero-order valence-electron chi connectivity index (χ0n) is 10.7. The van der Waals surface area contributed by atoms with Crippen molar-refractivity contribution in [3.8, 4) is 0 Å². The molecular weight excluding hydrogens is 228 g/mol. The van der Waals surface area contributed by atoms with Gasteiger partial charge in [0, 0.05) is 5.56 Å². The van der Waals surface area contributed by atoms with Crippen LogP contribution in [0, 0.1) is 13.8 Å². The maximum Gasteiger partial charge on any atom is 0.240 e. The lowest BCUT2D eigenvalue weighted by molar-refractivity contribution is 0.564. The molecule has 0 heterocycles. The van der Waals surface area contributed by atoms with E-state index in [0.717, 1.165) is 16.7 Å². The molecule has 0 atom stereocenters. The van der Waals surface area contributed by atoms with Gasteiger partial charge in [0.1, 0.15) is 0 Å². The molecule has 1 rings (SSSR count). The Hall–Kier alpha value is -2.28. The Kier molecular flexibility index (Phi) is 4.50. The van der Waals surface area contributed by atoms with Crippen LogP contribution in [0.15, 0.2) is 28.2 Å². The molecule has 18 heavy (non-hydrogen) atoms. The van der Waals surface area contributed by atoms with Crippen LogP contribution in [0.1, 0.15) is 23.6 Å². The molecule has 0 radical (unpaired) electrons. The predicted molar refractivity (Wildman–Crippen MR) is 70.0 cm³/mol. The Balaban J connectivity index is 3.59. The van der Waals surface area contributed by atoms with Crippen molar-refractivity contribution in [1.29, 1.82) is 0 Å². The van der Waals surface area contributed by atoms with E-state index in [1.54, 1.807) is 6.92 Å². The molecular formula is C14H14N2O2. The monoisotopic (exact) mass is 242 g/mol. The van der Waals surface area contributed by atoms with Gasteiger partial charge in [-0.05, 0) is 38.3 Å². The molecule has 0 saturated heterocycles. The van der Waals surface area contributed by atoms with E-state index in [4.69, 9.17) is 0 Å². The third-order valence-corrected chi connectivity index (χ3v) is 2.59. The summed E-state index contributed by atoms with van der Waals surface area (Å²) < 4.78 is 0. The topological polar surface area (TPSA) is 58.9 Å². The fourth-order valence-corrected chi connectivity index (χ4v) is 1.93.